The molecule has 1 aromatic carbocycles. The van der Waals surface area contributed by atoms with Crippen molar-refractivity contribution in [2.45, 2.75) is 50.7 Å². The molecule has 1 saturated heterocycles. The van der Waals surface area contributed by atoms with Crippen molar-refractivity contribution in [1.82, 2.24) is 4.90 Å². The number of rotatable bonds is 9. The second-order valence-corrected chi connectivity index (χ2v) is 10.7. The van der Waals surface area contributed by atoms with Crippen molar-refractivity contribution in [3.05, 3.63) is 47.9 Å². The highest BCUT2D eigenvalue weighted by Gasteiger charge is 2.59. The molecule has 2 aliphatic heterocycles. The summed E-state index contributed by atoms with van der Waals surface area (Å²) >= 11 is 0. The smallest absolute Gasteiger partial charge is 0.233 e. The number of hydrogen-bond donors (Lipinski definition) is 3. The van der Waals surface area contributed by atoms with Gasteiger partial charge < -0.3 is 38.8 Å². The molecule has 214 valence electrons. The lowest BCUT2D eigenvalue weighted by Crippen LogP contribution is -2.54. The molecule has 2 aromatic rings. The van der Waals surface area contributed by atoms with Gasteiger partial charge in [0, 0.05) is 18.3 Å². The van der Waals surface area contributed by atoms with Crippen LogP contribution in [0, 0.1) is 23.7 Å². The van der Waals surface area contributed by atoms with Crippen LogP contribution in [0.25, 0.3) is 0 Å². The second-order valence-electron chi connectivity index (χ2n) is 10.7. The molecule has 4 aliphatic rings. The average molecular weight is 557 g/mol. The number of fused-ring (bicyclic) bond motifs is 4. The summed E-state index contributed by atoms with van der Waals surface area (Å²) in [6, 6.07) is 8.80. The Bertz CT molecular complexity index is 1260. The fourth-order valence-corrected chi connectivity index (χ4v) is 6.36. The van der Waals surface area contributed by atoms with Crippen molar-refractivity contribution >= 4 is 17.5 Å². The summed E-state index contributed by atoms with van der Waals surface area (Å²) in [5.41, 5.74) is 1.24. The van der Waals surface area contributed by atoms with Crippen LogP contribution < -0.4 is 9.47 Å². The molecule has 2 saturated carbocycles. The van der Waals surface area contributed by atoms with Gasteiger partial charge in [0.25, 0.3) is 0 Å². The molecule has 12 nitrogen and oxygen atoms in total. The van der Waals surface area contributed by atoms with E-state index in [-0.39, 0.29) is 57.3 Å². The van der Waals surface area contributed by atoms with Crippen LogP contribution in [-0.2, 0) is 32.3 Å². The Morgan fingerprint density at radius 3 is 2.70 bits per heavy atom. The molecule has 7 atom stereocenters. The van der Waals surface area contributed by atoms with Crippen molar-refractivity contribution in [2.24, 2.45) is 28.8 Å². The number of ether oxygens (including phenoxy) is 3. The van der Waals surface area contributed by atoms with Gasteiger partial charge in [0.05, 0.1) is 49.2 Å². The van der Waals surface area contributed by atoms with E-state index in [2.05, 4.69) is 5.16 Å². The minimum absolute atomic E-state index is 0.0124. The molecule has 3 heterocycles. The van der Waals surface area contributed by atoms with Crippen LogP contribution >= 0.6 is 0 Å². The quantitative estimate of drug-likeness (QED) is 0.303. The van der Waals surface area contributed by atoms with Crippen LogP contribution in [0.4, 0.5) is 0 Å². The molecule has 40 heavy (non-hydrogen) atoms. The first-order valence-electron chi connectivity index (χ1n) is 13.5. The molecular weight excluding hydrogens is 524 g/mol. The van der Waals surface area contributed by atoms with Crippen LogP contribution in [0.3, 0.4) is 0 Å². The maximum atomic E-state index is 13.6. The predicted octanol–water partition coefficient (Wildman–Crippen LogP) is 1.21. The molecule has 2 aliphatic carbocycles. The van der Waals surface area contributed by atoms with Gasteiger partial charge in [-0.2, -0.15) is 0 Å². The number of aliphatic hydroxyl groups is 3. The Hall–Kier alpha value is -3.45. The van der Waals surface area contributed by atoms with Crippen LogP contribution in [-0.4, -0.2) is 76.1 Å². The third-order valence-corrected chi connectivity index (χ3v) is 8.23. The van der Waals surface area contributed by atoms with E-state index < -0.39 is 36.1 Å². The van der Waals surface area contributed by atoms with Gasteiger partial charge in [-0.25, -0.2) is 0 Å². The molecule has 1 aromatic heterocycles. The number of hydrogen-bond acceptors (Lipinski definition) is 11. The van der Waals surface area contributed by atoms with Gasteiger partial charge in [0.1, 0.15) is 25.1 Å². The molecular formula is C28H32N2O10. The zero-order chi connectivity index (χ0) is 27.8. The molecule has 2 amide bonds. The maximum absolute atomic E-state index is 13.6. The summed E-state index contributed by atoms with van der Waals surface area (Å²) in [4.78, 5) is 33.6. The normalized spacial score (nSPS) is 30.9. The molecule has 3 fully saturated rings. The lowest BCUT2D eigenvalue weighted by atomic mass is 9.60. The number of benzene rings is 1. The highest BCUT2D eigenvalue weighted by Crippen LogP contribution is 2.50. The van der Waals surface area contributed by atoms with Crippen molar-refractivity contribution in [2.75, 3.05) is 20.0 Å². The summed E-state index contributed by atoms with van der Waals surface area (Å²) in [7, 11) is 0. The third-order valence-electron chi connectivity index (χ3n) is 8.23. The van der Waals surface area contributed by atoms with Gasteiger partial charge in [-0.3, -0.25) is 14.5 Å². The zero-order valence-corrected chi connectivity index (χ0v) is 21.8. The third kappa shape index (κ3) is 5.07. The monoisotopic (exact) mass is 556 g/mol. The van der Waals surface area contributed by atoms with Crippen molar-refractivity contribution < 1.29 is 48.4 Å². The number of imide groups is 1. The lowest BCUT2D eigenvalue weighted by molar-refractivity contribution is -0.142. The van der Waals surface area contributed by atoms with Crippen molar-refractivity contribution in [1.29, 1.82) is 0 Å². The highest BCUT2D eigenvalue weighted by molar-refractivity contribution is 6.06. The van der Waals surface area contributed by atoms with Crippen LogP contribution in [0.15, 0.2) is 46.2 Å². The van der Waals surface area contributed by atoms with Crippen LogP contribution in [0.1, 0.15) is 30.6 Å². The number of aliphatic hydroxyl groups excluding tert-OH is 3. The second kappa shape index (κ2) is 11.2. The van der Waals surface area contributed by atoms with E-state index >= 15 is 0 Å². The minimum atomic E-state index is -1.18. The van der Waals surface area contributed by atoms with Crippen LogP contribution in [0.5, 0.6) is 11.5 Å². The Morgan fingerprint density at radius 1 is 1.05 bits per heavy atom. The first-order valence-corrected chi connectivity index (χ1v) is 13.5. The number of furan rings is 1. The zero-order valence-electron chi connectivity index (χ0n) is 21.8. The van der Waals surface area contributed by atoms with Gasteiger partial charge >= 0.3 is 0 Å². The van der Waals surface area contributed by atoms with E-state index in [1.807, 2.05) is 0 Å². The Balaban J connectivity index is 1.11. The van der Waals surface area contributed by atoms with Gasteiger partial charge in [-0.1, -0.05) is 11.2 Å². The van der Waals surface area contributed by atoms with E-state index in [0.717, 1.165) is 5.56 Å². The fraction of sp³-hybridized carbons (Fsp3) is 0.536. The summed E-state index contributed by atoms with van der Waals surface area (Å²) < 4.78 is 21.3. The summed E-state index contributed by atoms with van der Waals surface area (Å²) in [6.07, 6.45) is -0.689. The summed E-state index contributed by atoms with van der Waals surface area (Å²) in [5, 5.41) is 36.0. The summed E-state index contributed by atoms with van der Waals surface area (Å²) in [6.45, 7) is 0.303. The average Bonchev–Trinajstić information content (AvgIpc) is 3.69. The van der Waals surface area contributed by atoms with Gasteiger partial charge in [-0.15, -0.1) is 0 Å². The first-order chi connectivity index (χ1) is 19.4. The molecule has 3 N–H and O–H groups in total. The Kier molecular flexibility index (Phi) is 7.49. The minimum Gasteiger partial charge on any atom is -0.467 e. The van der Waals surface area contributed by atoms with Gasteiger partial charge in [0.15, 0.2) is 11.5 Å². The number of carbonyl (C=O) groups excluding carboxylic acids is 2. The van der Waals surface area contributed by atoms with Gasteiger partial charge in [0.2, 0.25) is 18.6 Å². The number of amides is 2. The SMILES string of the molecule is O=C1[C@H]2[C@H]3[C@H](O)[C@H](O)CC(=NOC[C@@H](O)COCc4ccco4)[C@H]3CC[C@H]2C(=O)N1Cc1ccc2c(c1)OCO2. The van der Waals surface area contributed by atoms with E-state index in [1.165, 1.54) is 11.2 Å². The standard InChI is InChI=1S/C28H32N2O10/c31-16(11-36-13-17-2-1-7-37-17)12-40-29-20-9-21(32)26(33)24-18(20)4-5-19-25(24)28(35)30(27(19)34)10-15-3-6-22-23(8-15)39-14-38-22/h1-3,6-8,16,18-19,21,24-26,31-33H,4-5,9-14H2/t16-,18+,19+,21+,24-,25+,26+/m0/s1. The highest BCUT2D eigenvalue weighted by atomic mass is 16.7. The molecule has 0 bridgehead atoms. The Morgan fingerprint density at radius 2 is 1.88 bits per heavy atom. The molecule has 12 heteroatoms. The molecule has 0 radical (unpaired) electrons. The first kappa shape index (κ1) is 26.8. The van der Waals surface area contributed by atoms with E-state index in [9.17, 15) is 24.9 Å². The van der Waals surface area contributed by atoms with Crippen molar-refractivity contribution in [3.63, 3.8) is 0 Å². The lowest BCUT2D eigenvalue weighted by Gasteiger charge is -2.45. The topological polar surface area (TPSA) is 160 Å². The maximum Gasteiger partial charge on any atom is 0.233 e. The molecule has 0 spiro atoms. The number of oxime groups is 1. The number of likely N-dealkylation sites (tertiary alicyclic amines) is 1. The van der Waals surface area contributed by atoms with E-state index in [1.54, 1.807) is 30.3 Å². The Labute approximate surface area is 230 Å². The fourth-order valence-electron chi connectivity index (χ4n) is 6.36. The number of nitrogens with zero attached hydrogens (tertiary/aromatic N) is 2. The van der Waals surface area contributed by atoms with E-state index in [4.69, 9.17) is 23.5 Å². The molecule has 0 unspecified atom stereocenters. The van der Waals surface area contributed by atoms with E-state index in [0.29, 0.717) is 35.8 Å². The number of carbonyl (C=O) groups is 2. The largest absolute Gasteiger partial charge is 0.467 e. The molecule has 6 rings (SSSR count). The van der Waals surface area contributed by atoms with Gasteiger partial charge in [-0.05, 0) is 42.7 Å². The predicted molar refractivity (Wildman–Crippen MR) is 136 cm³/mol. The van der Waals surface area contributed by atoms with Crippen LogP contribution in [0.2, 0.25) is 0 Å². The van der Waals surface area contributed by atoms with Crippen molar-refractivity contribution in [3.8, 4) is 11.5 Å². The summed E-state index contributed by atoms with van der Waals surface area (Å²) in [5.74, 6) is -1.17.